The highest BCUT2D eigenvalue weighted by molar-refractivity contribution is 6.33. The smallest absolute Gasteiger partial charge is 0.423 e. The molecule has 2 rings (SSSR count). The number of aromatic nitrogens is 2. The molecule has 136 valence electrons. The van der Waals surface area contributed by atoms with E-state index in [1.165, 1.54) is 0 Å². The van der Waals surface area contributed by atoms with Crippen molar-refractivity contribution < 1.29 is 17.9 Å². The second-order valence-electron chi connectivity index (χ2n) is 5.79. The van der Waals surface area contributed by atoms with E-state index >= 15 is 0 Å². The fourth-order valence-electron chi connectivity index (χ4n) is 2.13. The standard InChI is InChI=1S/C17H19ClF3N3O/c1-4-24(14-8-6-5-7-13(14)18)16-22-9-12(17(19,20)21)15(23-16)25-10-11(2)3/h5-9,11H,4,10H2,1-3H3. The molecule has 1 heterocycles. The zero-order valence-electron chi connectivity index (χ0n) is 14.1. The number of anilines is 2. The number of para-hydroxylation sites is 1. The van der Waals surface area contributed by atoms with Crippen molar-refractivity contribution in [1.82, 2.24) is 9.97 Å². The average Bonchev–Trinajstić information content (AvgIpc) is 2.54. The normalized spacial score (nSPS) is 11.7. The Morgan fingerprint density at radius 1 is 1.24 bits per heavy atom. The Bertz CT molecular complexity index is 723. The summed E-state index contributed by atoms with van der Waals surface area (Å²) < 4.78 is 44.8. The zero-order valence-corrected chi connectivity index (χ0v) is 14.9. The summed E-state index contributed by atoms with van der Waals surface area (Å²) in [5, 5.41) is 0.456. The molecule has 0 radical (unpaired) electrons. The molecule has 0 bridgehead atoms. The molecule has 0 N–H and O–H groups in total. The van der Waals surface area contributed by atoms with Crippen LogP contribution in [-0.2, 0) is 6.18 Å². The topological polar surface area (TPSA) is 38.2 Å². The van der Waals surface area contributed by atoms with Gasteiger partial charge in [-0.25, -0.2) is 4.98 Å². The maximum Gasteiger partial charge on any atom is 0.423 e. The largest absolute Gasteiger partial charge is 0.477 e. The summed E-state index contributed by atoms with van der Waals surface area (Å²) in [6, 6.07) is 7.00. The number of halogens is 4. The molecule has 0 aliphatic heterocycles. The van der Waals surface area contributed by atoms with Crippen molar-refractivity contribution in [2.45, 2.75) is 26.9 Å². The van der Waals surface area contributed by atoms with Crippen LogP contribution in [0, 0.1) is 5.92 Å². The molecular formula is C17H19ClF3N3O. The van der Waals surface area contributed by atoms with Crippen LogP contribution in [-0.4, -0.2) is 23.1 Å². The number of hydrogen-bond acceptors (Lipinski definition) is 4. The van der Waals surface area contributed by atoms with Crippen LogP contribution in [0.5, 0.6) is 5.88 Å². The van der Waals surface area contributed by atoms with Crippen LogP contribution in [0.2, 0.25) is 5.02 Å². The highest BCUT2D eigenvalue weighted by atomic mass is 35.5. The second kappa shape index (κ2) is 7.91. The first-order chi connectivity index (χ1) is 11.7. The van der Waals surface area contributed by atoms with Crippen LogP contribution in [0.25, 0.3) is 0 Å². The summed E-state index contributed by atoms with van der Waals surface area (Å²) >= 11 is 6.19. The number of benzene rings is 1. The first kappa shape index (κ1) is 19.3. The van der Waals surface area contributed by atoms with Crippen molar-refractivity contribution in [3.63, 3.8) is 0 Å². The van der Waals surface area contributed by atoms with E-state index in [0.29, 0.717) is 17.3 Å². The van der Waals surface area contributed by atoms with E-state index in [9.17, 15) is 13.2 Å². The minimum Gasteiger partial charge on any atom is -0.477 e. The maximum atomic E-state index is 13.2. The third-order valence-corrected chi connectivity index (χ3v) is 3.62. The lowest BCUT2D eigenvalue weighted by atomic mass is 10.2. The van der Waals surface area contributed by atoms with Crippen molar-refractivity contribution in [2.24, 2.45) is 5.92 Å². The van der Waals surface area contributed by atoms with E-state index < -0.39 is 17.6 Å². The van der Waals surface area contributed by atoms with Gasteiger partial charge in [-0.05, 0) is 25.0 Å². The SMILES string of the molecule is CCN(c1ncc(C(F)(F)F)c(OCC(C)C)n1)c1ccccc1Cl. The third-order valence-electron chi connectivity index (χ3n) is 3.30. The number of ether oxygens (including phenoxy) is 1. The molecule has 0 aliphatic rings. The predicted molar refractivity (Wildman–Crippen MR) is 91.5 cm³/mol. The molecule has 0 unspecified atom stereocenters. The molecule has 0 spiro atoms. The lowest BCUT2D eigenvalue weighted by Gasteiger charge is -2.23. The van der Waals surface area contributed by atoms with E-state index in [-0.39, 0.29) is 18.5 Å². The van der Waals surface area contributed by atoms with Gasteiger partial charge in [-0.2, -0.15) is 18.2 Å². The highest BCUT2D eigenvalue weighted by Gasteiger charge is 2.36. The number of nitrogens with zero attached hydrogens (tertiary/aromatic N) is 3. The van der Waals surface area contributed by atoms with Crippen molar-refractivity contribution in [3.8, 4) is 5.88 Å². The predicted octanol–water partition coefficient (Wildman–Crippen LogP) is 5.34. The Morgan fingerprint density at radius 2 is 1.92 bits per heavy atom. The van der Waals surface area contributed by atoms with Gasteiger partial charge in [-0.3, -0.25) is 0 Å². The van der Waals surface area contributed by atoms with Crippen LogP contribution in [0.3, 0.4) is 0 Å². The molecule has 1 aromatic heterocycles. The maximum absolute atomic E-state index is 13.2. The molecule has 0 aliphatic carbocycles. The minimum absolute atomic E-state index is 0.0605. The Kier molecular flexibility index (Phi) is 6.11. The molecule has 1 aromatic carbocycles. The zero-order chi connectivity index (χ0) is 18.6. The van der Waals surface area contributed by atoms with Crippen molar-refractivity contribution in [2.75, 3.05) is 18.1 Å². The number of hydrogen-bond donors (Lipinski definition) is 0. The Balaban J connectivity index is 2.47. The highest BCUT2D eigenvalue weighted by Crippen LogP contribution is 2.37. The van der Waals surface area contributed by atoms with Gasteiger partial charge in [0.15, 0.2) is 0 Å². The lowest BCUT2D eigenvalue weighted by Crippen LogP contribution is -2.21. The lowest BCUT2D eigenvalue weighted by molar-refractivity contribution is -0.139. The van der Waals surface area contributed by atoms with Crippen molar-refractivity contribution in [3.05, 3.63) is 41.0 Å². The van der Waals surface area contributed by atoms with Gasteiger partial charge in [0.25, 0.3) is 0 Å². The Labute approximate surface area is 149 Å². The van der Waals surface area contributed by atoms with Gasteiger partial charge in [-0.1, -0.05) is 37.6 Å². The van der Waals surface area contributed by atoms with E-state index in [0.717, 1.165) is 6.20 Å². The fraction of sp³-hybridized carbons (Fsp3) is 0.412. The van der Waals surface area contributed by atoms with Crippen LogP contribution in [0.15, 0.2) is 30.5 Å². The van der Waals surface area contributed by atoms with Crippen molar-refractivity contribution in [1.29, 1.82) is 0 Å². The summed E-state index contributed by atoms with van der Waals surface area (Å²) in [6.07, 6.45) is -3.84. The monoisotopic (exact) mass is 373 g/mol. The first-order valence-electron chi connectivity index (χ1n) is 7.83. The summed E-state index contributed by atoms with van der Waals surface area (Å²) in [6.45, 7) is 6.07. The molecule has 0 fully saturated rings. The van der Waals surface area contributed by atoms with Crippen LogP contribution in [0.1, 0.15) is 26.3 Å². The van der Waals surface area contributed by atoms with Gasteiger partial charge in [0.2, 0.25) is 11.8 Å². The van der Waals surface area contributed by atoms with Crippen LogP contribution < -0.4 is 9.64 Å². The van der Waals surface area contributed by atoms with Gasteiger partial charge >= 0.3 is 6.18 Å². The molecular weight excluding hydrogens is 355 g/mol. The minimum atomic E-state index is -4.59. The first-order valence-corrected chi connectivity index (χ1v) is 8.21. The van der Waals surface area contributed by atoms with Gasteiger partial charge in [0.1, 0.15) is 5.56 Å². The summed E-state index contributed by atoms with van der Waals surface area (Å²) in [4.78, 5) is 9.52. The average molecular weight is 374 g/mol. The molecule has 0 atom stereocenters. The van der Waals surface area contributed by atoms with Crippen molar-refractivity contribution >= 4 is 23.2 Å². The second-order valence-corrected chi connectivity index (χ2v) is 6.19. The summed E-state index contributed by atoms with van der Waals surface area (Å²) in [5.74, 6) is -0.315. The molecule has 8 heteroatoms. The molecule has 2 aromatic rings. The van der Waals surface area contributed by atoms with Gasteiger partial charge in [0.05, 0.1) is 17.3 Å². The molecule has 4 nitrogen and oxygen atoms in total. The van der Waals surface area contributed by atoms with Crippen LogP contribution in [0.4, 0.5) is 24.8 Å². The Morgan fingerprint density at radius 3 is 2.48 bits per heavy atom. The van der Waals surface area contributed by atoms with E-state index in [1.807, 2.05) is 20.8 Å². The number of alkyl halides is 3. The van der Waals surface area contributed by atoms with E-state index in [4.69, 9.17) is 16.3 Å². The van der Waals surface area contributed by atoms with Gasteiger partial charge < -0.3 is 9.64 Å². The third kappa shape index (κ3) is 4.75. The van der Waals surface area contributed by atoms with Crippen LogP contribution >= 0.6 is 11.6 Å². The van der Waals surface area contributed by atoms with Gasteiger partial charge in [-0.15, -0.1) is 0 Å². The van der Waals surface area contributed by atoms with E-state index in [2.05, 4.69) is 9.97 Å². The number of rotatable bonds is 6. The molecule has 0 saturated carbocycles. The molecule has 0 amide bonds. The molecule has 25 heavy (non-hydrogen) atoms. The van der Waals surface area contributed by atoms with E-state index in [1.54, 1.807) is 29.2 Å². The molecule has 0 saturated heterocycles. The quantitative estimate of drug-likeness (QED) is 0.684. The fourth-order valence-corrected chi connectivity index (χ4v) is 2.37. The summed E-state index contributed by atoms with van der Waals surface area (Å²) in [7, 11) is 0. The van der Waals surface area contributed by atoms with Gasteiger partial charge in [0, 0.05) is 12.7 Å². The summed E-state index contributed by atoms with van der Waals surface area (Å²) in [5.41, 5.74) is -0.381. The Hall–Kier alpha value is -2.02.